The van der Waals surface area contributed by atoms with Crippen LogP contribution in [0.4, 0.5) is 5.69 Å². The summed E-state index contributed by atoms with van der Waals surface area (Å²) in [5, 5.41) is 2.60. The third kappa shape index (κ3) is 5.12. The molecule has 24 heavy (non-hydrogen) atoms. The van der Waals surface area contributed by atoms with Gasteiger partial charge >= 0.3 is 11.8 Å². The standard InChI is InChI=1S/C19H22N2O3/c1-3-4-14-21(2)19(23)18(22)20-15-10-12-17(13-11-15)24-16-8-6-5-7-9-16/h5-13H,3-4,14H2,1-2H3,(H,20,22). The summed E-state index contributed by atoms with van der Waals surface area (Å²) in [6.07, 6.45) is 1.85. The highest BCUT2D eigenvalue weighted by molar-refractivity contribution is 6.39. The van der Waals surface area contributed by atoms with E-state index >= 15 is 0 Å². The van der Waals surface area contributed by atoms with Crippen molar-refractivity contribution in [3.05, 3.63) is 54.6 Å². The molecule has 0 heterocycles. The molecule has 0 radical (unpaired) electrons. The molecule has 0 aliphatic heterocycles. The lowest BCUT2D eigenvalue weighted by molar-refractivity contribution is -0.142. The van der Waals surface area contributed by atoms with Crippen LogP contribution < -0.4 is 10.1 Å². The second kappa shape index (κ2) is 8.72. The summed E-state index contributed by atoms with van der Waals surface area (Å²) in [4.78, 5) is 25.3. The van der Waals surface area contributed by atoms with Crippen LogP contribution in [-0.4, -0.2) is 30.3 Å². The van der Waals surface area contributed by atoms with Crippen LogP contribution in [0.2, 0.25) is 0 Å². The summed E-state index contributed by atoms with van der Waals surface area (Å²) < 4.78 is 5.68. The predicted octanol–water partition coefficient (Wildman–Crippen LogP) is 3.68. The van der Waals surface area contributed by atoms with Crippen molar-refractivity contribution in [2.75, 3.05) is 18.9 Å². The molecule has 0 unspecified atom stereocenters. The summed E-state index contributed by atoms with van der Waals surface area (Å²) in [5.74, 6) is 0.228. The summed E-state index contributed by atoms with van der Waals surface area (Å²) in [6, 6.07) is 16.3. The fraction of sp³-hybridized carbons (Fsp3) is 0.263. The van der Waals surface area contributed by atoms with Gasteiger partial charge in [0.05, 0.1) is 0 Å². The third-order valence-corrected chi connectivity index (χ3v) is 3.48. The van der Waals surface area contributed by atoms with Gasteiger partial charge in [0, 0.05) is 19.3 Å². The fourth-order valence-electron chi connectivity index (χ4n) is 2.09. The van der Waals surface area contributed by atoms with E-state index in [-0.39, 0.29) is 0 Å². The van der Waals surface area contributed by atoms with Gasteiger partial charge in [-0.2, -0.15) is 0 Å². The average Bonchev–Trinajstić information content (AvgIpc) is 2.61. The summed E-state index contributed by atoms with van der Waals surface area (Å²) in [5.41, 5.74) is 0.553. The molecule has 0 bridgehead atoms. The number of anilines is 1. The zero-order valence-corrected chi connectivity index (χ0v) is 14.0. The van der Waals surface area contributed by atoms with Gasteiger partial charge in [0.25, 0.3) is 0 Å². The van der Waals surface area contributed by atoms with Crippen LogP contribution in [0.1, 0.15) is 19.8 Å². The van der Waals surface area contributed by atoms with Crippen molar-refractivity contribution in [3.63, 3.8) is 0 Å². The largest absolute Gasteiger partial charge is 0.457 e. The van der Waals surface area contributed by atoms with Crippen molar-refractivity contribution < 1.29 is 14.3 Å². The van der Waals surface area contributed by atoms with Gasteiger partial charge in [0.1, 0.15) is 11.5 Å². The molecule has 0 saturated heterocycles. The smallest absolute Gasteiger partial charge is 0.313 e. The Bertz CT molecular complexity index is 669. The Labute approximate surface area is 142 Å². The first kappa shape index (κ1) is 17.5. The molecule has 0 aromatic heterocycles. The van der Waals surface area contributed by atoms with Crippen LogP contribution in [0, 0.1) is 0 Å². The van der Waals surface area contributed by atoms with E-state index in [1.54, 1.807) is 31.3 Å². The minimum absolute atomic E-state index is 0.534. The molecule has 0 spiro atoms. The molecular formula is C19H22N2O3. The van der Waals surface area contributed by atoms with Crippen molar-refractivity contribution in [1.82, 2.24) is 4.90 Å². The zero-order chi connectivity index (χ0) is 17.4. The Kier molecular flexibility index (Phi) is 6.37. The van der Waals surface area contributed by atoms with Gasteiger partial charge in [0.2, 0.25) is 0 Å². The summed E-state index contributed by atoms with van der Waals surface area (Å²) in [7, 11) is 1.63. The molecule has 0 atom stereocenters. The molecule has 126 valence electrons. The zero-order valence-electron chi connectivity index (χ0n) is 14.0. The van der Waals surface area contributed by atoms with Gasteiger partial charge < -0.3 is 15.0 Å². The molecule has 2 aromatic carbocycles. The maximum atomic E-state index is 12.0. The molecule has 5 nitrogen and oxygen atoms in total. The van der Waals surface area contributed by atoms with Gasteiger partial charge in [-0.05, 0) is 42.8 Å². The number of carbonyl (C=O) groups is 2. The highest BCUT2D eigenvalue weighted by Crippen LogP contribution is 2.22. The maximum Gasteiger partial charge on any atom is 0.313 e. The van der Waals surface area contributed by atoms with Crippen LogP contribution in [0.3, 0.4) is 0 Å². The highest BCUT2D eigenvalue weighted by atomic mass is 16.5. The number of nitrogens with one attached hydrogen (secondary N) is 1. The number of hydrogen-bond acceptors (Lipinski definition) is 3. The Morgan fingerprint density at radius 2 is 1.62 bits per heavy atom. The van der Waals surface area contributed by atoms with Gasteiger partial charge in [0.15, 0.2) is 0 Å². The molecule has 0 aliphatic carbocycles. The number of benzene rings is 2. The van der Waals surface area contributed by atoms with Crippen molar-refractivity contribution in [3.8, 4) is 11.5 Å². The van der Waals surface area contributed by atoms with E-state index in [1.165, 1.54) is 4.90 Å². The molecule has 2 aromatic rings. The Hall–Kier alpha value is -2.82. The molecule has 2 amide bonds. The SMILES string of the molecule is CCCCN(C)C(=O)C(=O)Nc1ccc(Oc2ccccc2)cc1. The fourth-order valence-corrected chi connectivity index (χ4v) is 2.09. The lowest BCUT2D eigenvalue weighted by Crippen LogP contribution is -2.37. The van der Waals surface area contributed by atoms with Gasteiger partial charge in [-0.3, -0.25) is 9.59 Å². The quantitative estimate of drug-likeness (QED) is 0.824. The summed E-state index contributed by atoms with van der Waals surface area (Å²) >= 11 is 0. The number of carbonyl (C=O) groups excluding carboxylic acids is 2. The summed E-state index contributed by atoms with van der Waals surface area (Å²) in [6.45, 7) is 2.62. The van der Waals surface area contributed by atoms with E-state index in [9.17, 15) is 9.59 Å². The average molecular weight is 326 g/mol. The van der Waals surface area contributed by atoms with Gasteiger partial charge in [-0.1, -0.05) is 31.5 Å². The van der Waals surface area contributed by atoms with E-state index in [2.05, 4.69) is 5.32 Å². The minimum Gasteiger partial charge on any atom is -0.457 e. The van der Waals surface area contributed by atoms with Gasteiger partial charge in [-0.25, -0.2) is 0 Å². The van der Waals surface area contributed by atoms with E-state index in [0.29, 0.717) is 18.0 Å². The topological polar surface area (TPSA) is 58.6 Å². The number of rotatable bonds is 6. The van der Waals surface area contributed by atoms with E-state index in [1.807, 2.05) is 37.3 Å². The number of ether oxygens (including phenoxy) is 1. The van der Waals surface area contributed by atoms with Crippen LogP contribution in [0.25, 0.3) is 0 Å². The lowest BCUT2D eigenvalue weighted by Gasteiger charge is -2.16. The molecule has 0 aliphatic rings. The number of unbranched alkanes of at least 4 members (excludes halogenated alkanes) is 1. The predicted molar refractivity (Wildman–Crippen MR) is 94.1 cm³/mol. The second-order valence-corrected chi connectivity index (χ2v) is 5.47. The van der Waals surface area contributed by atoms with Crippen molar-refractivity contribution in [1.29, 1.82) is 0 Å². The minimum atomic E-state index is -0.634. The first-order valence-corrected chi connectivity index (χ1v) is 7.99. The number of amides is 2. The molecular weight excluding hydrogens is 304 g/mol. The third-order valence-electron chi connectivity index (χ3n) is 3.48. The lowest BCUT2D eigenvalue weighted by atomic mass is 10.3. The Morgan fingerprint density at radius 1 is 1.00 bits per heavy atom. The van der Waals surface area contributed by atoms with Crippen LogP contribution in [-0.2, 0) is 9.59 Å². The van der Waals surface area contributed by atoms with Crippen LogP contribution in [0.15, 0.2) is 54.6 Å². The Balaban J connectivity index is 1.91. The van der Waals surface area contributed by atoms with Crippen molar-refractivity contribution >= 4 is 17.5 Å². The number of hydrogen-bond donors (Lipinski definition) is 1. The number of likely N-dealkylation sites (N-methyl/N-ethyl adjacent to an activating group) is 1. The molecule has 0 saturated carbocycles. The number of nitrogens with zero attached hydrogens (tertiary/aromatic N) is 1. The van der Waals surface area contributed by atoms with Crippen LogP contribution in [0.5, 0.6) is 11.5 Å². The molecule has 1 N–H and O–H groups in total. The first-order chi connectivity index (χ1) is 11.6. The Morgan fingerprint density at radius 3 is 2.25 bits per heavy atom. The van der Waals surface area contributed by atoms with Crippen molar-refractivity contribution in [2.24, 2.45) is 0 Å². The number of para-hydroxylation sites is 1. The maximum absolute atomic E-state index is 12.0. The van der Waals surface area contributed by atoms with Crippen molar-refractivity contribution in [2.45, 2.75) is 19.8 Å². The van der Waals surface area contributed by atoms with E-state index < -0.39 is 11.8 Å². The van der Waals surface area contributed by atoms with Crippen LogP contribution >= 0.6 is 0 Å². The normalized spacial score (nSPS) is 10.1. The molecule has 5 heteroatoms. The highest BCUT2D eigenvalue weighted by Gasteiger charge is 2.18. The van der Waals surface area contributed by atoms with E-state index in [0.717, 1.165) is 18.6 Å². The molecule has 2 rings (SSSR count). The monoisotopic (exact) mass is 326 g/mol. The van der Waals surface area contributed by atoms with Gasteiger partial charge in [-0.15, -0.1) is 0 Å². The van der Waals surface area contributed by atoms with E-state index in [4.69, 9.17) is 4.74 Å². The molecule has 0 fully saturated rings. The second-order valence-electron chi connectivity index (χ2n) is 5.47. The first-order valence-electron chi connectivity index (χ1n) is 7.99.